The first-order chi connectivity index (χ1) is 7.74. The van der Waals surface area contributed by atoms with Crippen molar-refractivity contribution in [2.24, 2.45) is 5.73 Å². The number of phenols is 1. The standard InChI is InChI=1S/C12H16N2O2S/c1-7-6-8(15)4-5-9(7)10(16)14-12(2,3)11(13)17/h4-6,15H,1-3H3,(H2,13,17)(H,14,16). The van der Waals surface area contributed by atoms with E-state index in [0.29, 0.717) is 11.1 Å². The molecule has 1 aromatic rings. The minimum atomic E-state index is -0.739. The fraction of sp³-hybridized carbons (Fsp3) is 0.333. The summed E-state index contributed by atoms with van der Waals surface area (Å²) in [5.41, 5.74) is 5.98. The summed E-state index contributed by atoms with van der Waals surface area (Å²) in [5.74, 6) is -0.132. The number of amides is 1. The van der Waals surface area contributed by atoms with Gasteiger partial charge in [0.1, 0.15) is 5.75 Å². The number of hydrogen-bond donors (Lipinski definition) is 3. The Morgan fingerprint density at radius 3 is 2.53 bits per heavy atom. The van der Waals surface area contributed by atoms with Crippen LogP contribution in [0.25, 0.3) is 0 Å². The topological polar surface area (TPSA) is 75.3 Å². The molecule has 0 fully saturated rings. The first kappa shape index (κ1) is 13.4. The molecule has 0 aromatic heterocycles. The van der Waals surface area contributed by atoms with Gasteiger partial charge in [0.05, 0.1) is 10.5 Å². The third-order valence-electron chi connectivity index (χ3n) is 2.50. The fourth-order valence-electron chi connectivity index (χ4n) is 1.32. The Kier molecular flexibility index (Phi) is 3.72. The first-order valence-corrected chi connectivity index (χ1v) is 5.57. The van der Waals surface area contributed by atoms with Gasteiger partial charge < -0.3 is 16.2 Å². The molecule has 1 aromatic carbocycles. The molecule has 0 aliphatic rings. The summed E-state index contributed by atoms with van der Waals surface area (Å²) in [6, 6.07) is 4.56. The average molecular weight is 252 g/mol. The zero-order valence-corrected chi connectivity index (χ0v) is 10.9. The molecule has 17 heavy (non-hydrogen) atoms. The van der Waals surface area contributed by atoms with Gasteiger partial charge in [-0.3, -0.25) is 4.79 Å². The van der Waals surface area contributed by atoms with Crippen LogP contribution in [-0.2, 0) is 0 Å². The summed E-state index contributed by atoms with van der Waals surface area (Å²) in [7, 11) is 0. The minimum absolute atomic E-state index is 0.132. The molecule has 0 saturated heterocycles. The van der Waals surface area contributed by atoms with Crippen LogP contribution in [0, 0.1) is 6.92 Å². The van der Waals surface area contributed by atoms with Crippen LogP contribution in [0.3, 0.4) is 0 Å². The van der Waals surface area contributed by atoms with E-state index < -0.39 is 5.54 Å². The zero-order chi connectivity index (χ0) is 13.2. The molecule has 1 rings (SSSR count). The number of hydrogen-bond acceptors (Lipinski definition) is 3. The Hall–Kier alpha value is -1.62. The van der Waals surface area contributed by atoms with E-state index in [-0.39, 0.29) is 16.6 Å². The smallest absolute Gasteiger partial charge is 0.252 e. The average Bonchev–Trinajstić information content (AvgIpc) is 2.15. The number of rotatable bonds is 3. The lowest BCUT2D eigenvalue weighted by atomic mass is 10.0. The van der Waals surface area contributed by atoms with Gasteiger partial charge in [-0.2, -0.15) is 0 Å². The van der Waals surface area contributed by atoms with E-state index in [0.717, 1.165) is 0 Å². The van der Waals surface area contributed by atoms with Crippen molar-refractivity contribution in [3.63, 3.8) is 0 Å². The summed E-state index contributed by atoms with van der Waals surface area (Å²) in [4.78, 5) is 12.2. The second-order valence-corrected chi connectivity index (χ2v) is 4.88. The number of aryl methyl sites for hydroxylation is 1. The van der Waals surface area contributed by atoms with E-state index in [1.165, 1.54) is 12.1 Å². The van der Waals surface area contributed by atoms with Gasteiger partial charge in [-0.15, -0.1) is 0 Å². The monoisotopic (exact) mass is 252 g/mol. The number of benzene rings is 1. The van der Waals surface area contributed by atoms with Crippen molar-refractivity contribution in [3.8, 4) is 5.75 Å². The van der Waals surface area contributed by atoms with Gasteiger partial charge in [0.25, 0.3) is 5.91 Å². The second kappa shape index (κ2) is 4.71. The van der Waals surface area contributed by atoms with Crippen molar-refractivity contribution < 1.29 is 9.90 Å². The number of nitrogens with two attached hydrogens (primary N) is 1. The highest BCUT2D eigenvalue weighted by atomic mass is 32.1. The van der Waals surface area contributed by atoms with Crippen molar-refractivity contribution in [1.82, 2.24) is 5.32 Å². The third-order valence-corrected chi connectivity index (χ3v) is 3.01. The van der Waals surface area contributed by atoms with Crippen LogP contribution in [0.4, 0.5) is 0 Å². The zero-order valence-electron chi connectivity index (χ0n) is 10.1. The Labute approximate surface area is 106 Å². The Bertz CT molecular complexity index is 470. The maximum Gasteiger partial charge on any atom is 0.252 e. The first-order valence-electron chi connectivity index (χ1n) is 5.16. The highest BCUT2D eigenvalue weighted by molar-refractivity contribution is 7.80. The molecule has 0 radical (unpaired) electrons. The molecular weight excluding hydrogens is 236 g/mol. The van der Waals surface area contributed by atoms with Crippen LogP contribution in [0.2, 0.25) is 0 Å². The molecule has 0 unspecified atom stereocenters. The summed E-state index contributed by atoms with van der Waals surface area (Å²) in [6.45, 7) is 5.23. The number of nitrogens with one attached hydrogen (secondary N) is 1. The molecule has 5 heteroatoms. The number of phenolic OH excluding ortho intramolecular Hbond substituents is 1. The highest BCUT2D eigenvalue weighted by Crippen LogP contribution is 2.16. The van der Waals surface area contributed by atoms with Crippen LogP contribution in [-0.4, -0.2) is 21.5 Å². The van der Waals surface area contributed by atoms with Crippen LogP contribution >= 0.6 is 12.2 Å². The molecule has 0 bridgehead atoms. The quantitative estimate of drug-likeness (QED) is 0.713. The lowest BCUT2D eigenvalue weighted by molar-refractivity contribution is 0.0931. The molecule has 4 N–H and O–H groups in total. The van der Waals surface area contributed by atoms with Gasteiger partial charge in [0.15, 0.2) is 0 Å². The number of carbonyl (C=O) groups excluding carboxylic acids is 1. The molecule has 0 saturated carbocycles. The van der Waals surface area contributed by atoms with E-state index in [4.69, 9.17) is 18.0 Å². The predicted octanol–water partition coefficient (Wildman–Crippen LogP) is 1.50. The molecule has 0 aliphatic carbocycles. The molecule has 0 atom stereocenters. The number of aromatic hydroxyl groups is 1. The van der Waals surface area contributed by atoms with Crippen molar-refractivity contribution in [2.75, 3.05) is 0 Å². The lowest BCUT2D eigenvalue weighted by Crippen LogP contribution is -2.52. The van der Waals surface area contributed by atoms with Crippen molar-refractivity contribution in [3.05, 3.63) is 29.3 Å². The van der Waals surface area contributed by atoms with Crippen LogP contribution in [0.15, 0.2) is 18.2 Å². The molecule has 0 spiro atoms. The third kappa shape index (κ3) is 3.17. The number of carbonyl (C=O) groups is 1. The maximum atomic E-state index is 12.0. The normalized spacial score (nSPS) is 11.0. The molecule has 0 aliphatic heterocycles. The van der Waals surface area contributed by atoms with E-state index >= 15 is 0 Å². The molecule has 0 heterocycles. The maximum absolute atomic E-state index is 12.0. The summed E-state index contributed by atoms with van der Waals surface area (Å²) >= 11 is 4.88. The van der Waals surface area contributed by atoms with Crippen molar-refractivity contribution in [2.45, 2.75) is 26.3 Å². The summed E-state index contributed by atoms with van der Waals surface area (Å²) in [5, 5.41) is 12.0. The van der Waals surface area contributed by atoms with Crippen molar-refractivity contribution >= 4 is 23.1 Å². The number of thiocarbonyl (C=S) groups is 1. The van der Waals surface area contributed by atoms with E-state index in [2.05, 4.69) is 5.32 Å². The molecular formula is C12H16N2O2S. The van der Waals surface area contributed by atoms with Gasteiger partial charge in [0.2, 0.25) is 0 Å². The van der Waals surface area contributed by atoms with Crippen LogP contribution < -0.4 is 11.1 Å². The summed E-state index contributed by atoms with van der Waals surface area (Å²) in [6.07, 6.45) is 0. The molecule has 92 valence electrons. The summed E-state index contributed by atoms with van der Waals surface area (Å²) < 4.78 is 0. The highest BCUT2D eigenvalue weighted by Gasteiger charge is 2.24. The fourth-order valence-corrected chi connectivity index (χ4v) is 1.37. The van der Waals surface area contributed by atoms with Crippen LogP contribution in [0.5, 0.6) is 5.75 Å². The Morgan fingerprint density at radius 2 is 2.06 bits per heavy atom. The largest absolute Gasteiger partial charge is 0.508 e. The lowest BCUT2D eigenvalue weighted by Gasteiger charge is -2.25. The Balaban J connectivity index is 2.95. The molecule has 1 amide bonds. The molecule has 4 nitrogen and oxygen atoms in total. The van der Waals surface area contributed by atoms with Crippen molar-refractivity contribution in [1.29, 1.82) is 0 Å². The minimum Gasteiger partial charge on any atom is -0.508 e. The van der Waals surface area contributed by atoms with E-state index in [9.17, 15) is 9.90 Å². The second-order valence-electron chi connectivity index (χ2n) is 4.44. The van der Waals surface area contributed by atoms with Gasteiger partial charge >= 0.3 is 0 Å². The predicted molar refractivity (Wildman–Crippen MR) is 71.2 cm³/mol. The van der Waals surface area contributed by atoms with Gasteiger partial charge in [0, 0.05) is 5.56 Å². The van der Waals surface area contributed by atoms with E-state index in [1.807, 2.05) is 0 Å². The Morgan fingerprint density at radius 1 is 1.47 bits per heavy atom. The SMILES string of the molecule is Cc1cc(O)ccc1C(=O)NC(C)(C)C(N)=S. The van der Waals surface area contributed by atoms with Crippen LogP contribution in [0.1, 0.15) is 29.8 Å². The van der Waals surface area contributed by atoms with Gasteiger partial charge in [-0.25, -0.2) is 0 Å². The van der Waals surface area contributed by atoms with Gasteiger partial charge in [-0.05, 0) is 44.5 Å². The van der Waals surface area contributed by atoms with Gasteiger partial charge in [-0.1, -0.05) is 12.2 Å². The van der Waals surface area contributed by atoms with E-state index in [1.54, 1.807) is 26.8 Å².